The van der Waals surface area contributed by atoms with E-state index in [9.17, 15) is 0 Å². The molecule has 0 aliphatic rings. The summed E-state index contributed by atoms with van der Waals surface area (Å²) in [6, 6.07) is 15.6. The van der Waals surface area contributed by atoms with Crippen molar-refractivity contribution < 1.29 is 4.74 Å². The smallest absolute Gasteiger partial charge is 0.180 e. The van der Waals surface area contributed by atoms with E-state index in [4.69, 9.17) is 14.7 Å². The molecule has 0 saturated heterocycles. The van der Waals surface area contributed by atoms with Crippen LogP contribution in [0.15, 0.2) is 84.3 Å². The zero-order chi connectivity index (χ0) is 20.5. The first kappa shape index (κ1) is 20.5. The van der Waals surface area contributed by atoms with E-state index in [1.165, 1.54) is 11.9 Å². The first-order chi connectivity index (χ1) is 14.2. The fraction of sp³-hybridized carbons (Fsp3) is 0.130. The van der Waals surface area contributed by atoms with Crippen LogP contribution in [0.25, 0.3) is 11.0 Å². The molecule has 0 amide bonds. The number of hydrogen-bond acceptors (Lipinski definition) is 6. The summed E-state index contributed by atoms with van der Waals surface area (Å²) in [5.74, 6) is 2.10. The molecule has 0 fully saturated rings. The molecule has 3 rings (SSSR count). The molecular formula is C23H24N4OS. The summed E-state index contributed by atoms with van der Waals surface area (Å²) in [6.07, 6.45) is 7.68. The van der Waals surface area contributed by atoms with Crippen molar-refractivity contribution in [1.29, 1.82) is 0 Å². The lowest BCUT2D eigenvalue weighted by Crippen LogP contribution is -2.02. The van der Waals surface area contributed by atoms with Crippen LogP contribution in [0, 0.1) is 0 Å². The van der Waals surface area contributed by atoms with Crippen LogP contribution in [0.1, 0.15) is 13.8 Å². The minimum atomic E-state index is 0.617. The van der Waals surface area contributed by atoms with Gasteiger partial charge in [0, 0.05) is 16.7 Å². The third kappa shape index (κ3) is 5.62. The van der Waals surface area contributed by atoms with Gasteiger partial charge in [0.15, 0.2) is 11.6 Å². The fourth-order valence-corrected chi connectivity index (χ4v) is 3.36. The summed E-state index contributed by atoms with van der Waals surface area (Å²) >= 11 is 1.45. The van der Waals surface area contributed by atoms with Crippen LogP contribution in [0.2, 0.25) is 0 Å². The summed E-state index contributed by atoms with van der Waals surface area (Å²) in [7, 11) is 0. The van der Waals surface area contributed by atoms with E-state index in [1.54, 1.807) is 6.08 Å². The number of rotatable bonds is 9. The predicted molar refractivity (Wildman–Crippen MR) is 125 cm³/mol. The van der Waals surface area contributed by atoms with E-state index >= 15 is 0 Å². The zero-order valence-electron chi connectivity index (χ0n) is 16.6. The lowest BCUT2D eigenvalue weighted by Gasteiger charge is -2.14. The van der Waals surface area contributed by atoms with Crippen molar-refractivity contribution >= 4 is 40.3 Å². The molecule has 0 radical (unpaired) electrons. The molecule has 1 heterocycles. The van der Waals surface area contributed by atoms with Gasteiger partial charge in [-0.2, -0.15) is 0 Å². The minimum absolute atomic E-state index is 0.617. The number of nitrogens with zero attached hydrogens (tertiary/aromatic N) is 2. The largest absolute Gasteiger partial charge is 0.494 e. The average molecular weight is 405 g/mol. The van der Waals surface area contributed by atoms with Crippen molar-refractivity contribution in [1.82, 2.24) is 9.97 Å². The molecule has 0 atom stereocenters. The van der Waals surface area contributed by atoms with Crippen LogP contribution < -0.4 is 14.8 Å². The highest BCUT2D eigenvalue weighted by Gasteiger charge is 2.10. The normalized spacial score (nSPS) is 11.6. The van der Waals surface area contributed by atoms with Crippen LogP contribution in [0.3, 0.4) is 0 Å². The highest BCUT2D eigenvalue weighted by molar-refractivity contribution is 8.04. The second kappa shape index (κ2) is 10.3. The number of aromatic nitrogens is 2. The van der Waals surface area contributed by atoms with Gasteiger partial charge in [0.1, 0.15) is 5.75 Å². The minimum Gasteiger partial charge on any atom is -0.494 e. The molecule has 0 unspecified atom stereocenters. The van der Waals surface area contributed by atoms with Crippen molar-refractivity contribution in [2.24, 2.45) is 0 Å². The predicted octanol–water partition coefficient (Wildman–Crippen LogP) is 6.48. The molecule has 5 nitrogen and oxygen atoms in total. The van der Waals surface area contributed by atoms with Gasteiger partial charge in [-0.3, -0.25) is 0 Å². The number of hydrogen-bond donors (Lipinski definition) is 2. The number of allylic oxidation sites excluding steroid dienone is 4. The Morgan fingerprint density at radius 2 is 1.86 bits per heavy atom. The van der Waals surface area contributed by atoms with Gasteiger partial charge in [-0.25, -0.2) is 9.97 Å². The summed E-state index contributed by atoms with van der Waals surface area (Å²) in [6.45, 7) is 8.33. The number of nitrogens with one attached hydrogen (secondary N) is 2. The lowest BCUT2D eigenvalue weighted by molar-refractivity contribution is 0.340. The molecule has 2 aromatic carbocycles. The van der Waals surface area contributed by atoms with Crippen molar-refractivity contribution in [2.75, 3.05) is 16.6 Å². The Labute approximate surface area is 175 Å². The van der Waals surface area contributed by atoms with Crippen molar-refractivity contribution in [2.45, 2.75) is 13.8 Å². The van der Waals surface area contributed by atoms with Crippen LogP contribution in [-0.2, 0) is 0 Å². The first-order valence-corrected chi connectivity index (χ1v) is 10.2. The van der Waals surface area contributed by atoms with E-state index in [-0.39, 0.29) is 0 Å². The highest BCUT2D eigenvalue weighted by Crippen LogP contribution is 2.30. The van der Waals surface area contributed by atoms with Gasteiger partial charge < -0.3 is 14.8 Å². The molecule has 0 saturated carbocycles. The van der Waals surface area contributed by atoms with Crippen LogP contribution in [-0.4, -0.2) is 16.6 Å². The lowest BCUT2D eigenvalue weighted by atomic mass is 10.3. The third-order valence-corrected chi connectivity index (χ3v) is 4.66. The first-order valence-electron chi connectivity index (χ1n) is 9.38. The second-order valence-electron chi connectivity index (χ2n) is 6.00. The van der Waals surface area contributed by atoms with Crippen LogP contribution in [0.4, 0.5) is 17.3 Å². The number of benzene rings is 2. The summed E-state index contributed by atoms with van der Waals surface area (Å²) in [4.78, 5) is 10.5. The monoisotopic (exact) mass is 404 g/mol. The zero-order valence-corrected chi connectivity index (χ0v) is 17.4. The van der Waals surface area contributed by atoms with Crippen molar-refractivity contribution in [3.63, 3.8) is 0 Å². The van der Waals surface area contributed by atoms with E-state index < -0.39 is 0 Å². The molecule has 0 spiro atoms. The molecule has 148 valence electrons. The van der Waals surface area contributed by atoms with Gasteiger partial charge in [-0.05, 0) is 56.1 Å². The maximum atomic E-state index is 5.60. The van der Waals surface area contributed by atoms with Gasteiger partial charge in [0.25, 0.3) is 0 Å². The number of anilines is 3. The Balaban J connectivity index is 1.93. The Kier molecular flexibility index (Phi) is 7.30. The molecule has 3 aromatic rings. The maximum absolute atomic E-state index is 5.60. The number of ether oxygens (including phenoxy) is 1. The second-order valence-corrected chi connectivity index (χ2v) is 6.88. The van der Waals surface area contributed by atoms with E-state index in [0.29, 0.717) is 18.2 Å². The standard InChI is InChI=1S/C23H24N4OS/c1-4-10-19(11-5-2)29-27-23-22(25-20-14-7-8-15-21(20)26-23)24-17-12-9-13-18(16-17)28-6-3/h4-5,7-16H,1,6H2,2-3H3,(H,24,25)(H,26,27)/b11-5-,19-10+. The number of para-hydroxylation sites is 2. The molecule has 29 heavy (non-hydrogen) atoms. The van der Waals surface area contributed by atoms with Crippen molar-refractivity contribution in [3.05, 3.63) is 84.3 Å². The topological polar surface area (TPSA) is 59.1 Å². The fourth-order valence-electron chi connectivity index (χ4n) is 2.64. The Morgan fingerprint density at radius 1 is 1.10 bits per heavy atom. The van der Waals surface area contributed by atoms with Gasteiger partial charge in [-0.1, -0.05) is 43.0 Å². The Hall–Kier alpha value is -3.25. The van der Waals surface area contributed by atoms with E-state index in [1.807, 2.05) is 80.6 Å². The summed E-state index contributed by atoms with van der Waals surface area (Å²) < 4.78 is 8.91. The van der Waals surface area contributed by atoms with Gasteiger partial charge >= 0.3 is 0 Å². The van der Waals surface area contributed by atoms with Gasteiger partial charge in [0.2, 0.25) is 0 Å². The van der Waals surface area contributed by atoms with Gasteiger partial charge in [0.05, 0.1) is 17.6 Å². The van der Waals surface area contributed by atoms with E-state index in [2.05, 4.69) is 16.6 Å². The molecular weight excluding hydrogens is 380 g/mol. The molecule has 2 N–H and O–H groups in total. The Bertz CT molecular complexity index is 1050. The molecule has 0 bridgehead atoms. The number of fused-ring (bicyclic) bond motifs is 1. The molecule has 1 aromatic heterocycles. The average Bonchev–Trinajstić information content (AvgIpc) is 2.73. The van der Waals surface area contributed by atoms with Crippen molar-refractivity contribution in [3.8, 4) is 5.75 Å². The molecule has 6 heteroatoms. The van der Waals surface area contributed by atoms with E-state index in [0.717, 1.165) is 27.4 Å². The quantitative estimate of drug-likeness (QED) is 0.314. The maximum Gasteiger partial charge on any atom is 0.180 e. The SMILES string of the molecule is C=C/C=C(\C=C/C)SNc1nc2ccccc2nc1Nc1cccc(OCC)c1. The Morgan fingerprint density at radius 3 is 2.55 bits per heavy atom. The summed E-state index contributed by atoms with van der Waals surface area (Å²) in [5.41, 5.74) is 2.52. The van der Waals surface area contributed by atoms with Crippen LogP contribution >= 0.6 is 11.9 Å². The van der Waals surface area contributed by atoms with Crippen LogP contribution in [0.5, 0.6) is 5.75 Å². The van der Waals surface area contributed by atoms with Gasteiger partial charge in [-0.15, -0.1) is 0 Å². The summed E-state index contributed by atoms with van der Waals surface area (Å²) in [5, 5.41) is 3.36. The highest BCUT2D eigenvalue weighted by atomic mass is 32.2. The molecule has 0 aliphatic carbocycles. The third-order valence-electron chi connectivity index (χ3n) is 3.86. The molecule has 0 aliphatic heterocycles.